The third-order valence-corrected chi connectivity index (χ3v) is 4.61. The zero-order chi connectivity index (χ0) is 22.2. The Hall–Kier alpha value is -3.61. The molecule has 1 amide bonds. The smallest absolute Gasteiger partial charge is 0.374 e. The van der Waals surface area contributed by atoms with Crippen molar-refractivity contribution in [3.63, 3.8) is 0 Å². The van der Waals surface area contributed by atoms with E-state index in [1.54, 1.807) is 49.4 Å². The number of nitrogens with one attached hydrogen (secondary N) is 1. The number of ether oxygens (including phenoxy) is 2. The maximum absolute atomic E-state index is 12.7. The third-order valence-electron chi connectivity index (χ3n) is 4.61. The number of carbonyl (C=O) groups excluding carboxylic acids is 2. The molecule has 3 rings (SSSR count). The van der Waals surface area contributed by atoms with Crippen molar-refractivity contribution in [2.75, 3.05) is 18.5 Å². The van der Waals surface area contributed by atoms with Crippen molar-refractivity contribution in [1.29, 1.82) is 0 Å². The van der Waals surface area contributed by atoms with Gasteiger partial charge < -0.3 is 19.2 Å². The molecule has 1 heterocycles. The SMILES string of the molecule is CCCCCOc1ccc(C(=O)Nc2cccc3c(=O)cc(C(=O)OCC)oc23)cc1. The molecule has 0 aliphatic heterocycles. The van der Waals surface area contributed by atoms with Crippen LogP contribution in [0.15, 0.2) is 57.7 Å². The molecule has 0 atom stereocenters. The number of benzene rings is 2. The fourth-order valence-electron chi connectivity index (χ4n) is 3.02. The average Bonchev–Trinajstić information content (AvgIpc) is 2.77. The lowest BCUT2D eigenvalue weighted by atomic mass is 10.1. The van der Waals surface area contributed by atoms with Gasteiger partial charge in [-0.05, 0) is 49.7 Å². The van der Waals surface area contributed by atoms with Crippen LogP contribution in [0.1, 0.15) is 54.0 Å². The average molecular weight is 423 g/mol. The zero-order valence-corrected chi connectivity index (χ0v) is 17.6. The van der Waals surface area contributed by atoms with Crippen LogP contribution in [0.4, 0.5) is 5.69 Å². The summed E-state index contributed by atoms with van der Waals surface area (Å²) in [6.07, 6.45) is 3.22. The summed E-state index contributed by atoms with van der Waals surface area (Å²) in [4.78, 5) is 37.1. The van der Waals surface area contributed by atoms with Gasteiger partial charge in [0.25, 0.3) is 5.91 Å². The predicted octanol–water partition coefficient (Wildman–Crippen LogP) is 4.79. The molecule has 0 saturated heterocycles. The monoisotopic (exact) mass is 423 g/mol. The van der Waals surface area contributed by atoms with Crippen molar-refractivity contribution in [3.8, 4) is 5.75 Å². The molecule has 3 aromatic rings. The van der Waals surface area contributed by atoms with Gasteiger partial charge in [-0.15, -0.1) is 0 Å². The van der Waals surface area contributed by atoms with E-state index in [1.807, 2.05) is 0 Å². The van der Waals surface area contributed by atoms with Gasteiger partial charge in [0.2, 0.25) is 5.76 Å². The van der Waals surface area contributed by atoms with Gasteiger partial charge in [-0.25, -0.2) is 4.79 Å². The van der Waals surface area contributed by atoms with Crippen LogP contribution >= 0.6 is 0 Å². The van der Waals surface area contributed by atoms with Crippen molar-refractivity contribution in [2.45, 2.75) is 33.1 Å². The Bertz CT molecular complexity index is 1120. The minimum absolute atomic E-state index is 0.113. The molecule has 0 bridgehead atoms. The van der Waals surface area contributed by atoms with Crippen LogP contribution < -0.4 is 15.5 Å². The molecule has 1 N–H and O–H groups in total. The highest BCUT2D eigenvalue weighted by Crippen LogP contribution is 2.24. The largest absolute Gasteiger partial charge is 0.494 e. The summed E-state index contributed by atoms with van der Waals surface area (Å²) in [5, 5.41) is 2.99. The molecule has 1 aromatic heterocycles. The molecule has 7 heteroatoms. The minimum atomic E-state index is -0.739. The van der Waals surface area contributed by atoms with E-state index in [4.69, 9.17) is 13.9 Å². The topological polar surface area (TPSA) is 94.8 Å². The highest BCUT2D eigenvalue weighted by atomic mass is 16.5. The second-order valence-corrected chi connectivity index (χ2v) is 6.91. The standard InChI is InChI=1S/C24H25NO6/c1-3-5-6-14-30-17-12-10-16(11-13-17)23(27)25-19-9-7-8-18-20(26)15-21(31-22(18)19)24(28)29-4-2/h7-13,15H,3-6,14H2,1-2H3,(H,25,27). The van der Waals surface area contributed by atoms with Crippen LogP contribution in [0.25, 0.3) is 11.0 Å². The minimum Gasteiger partial charge on any atom is -0.494 e. The van der Waals surface area contributed by atoms with Crippen LogP contribution in [0.3, 0.4) is 0 Å². The fourth-order valence-corrected chi connectivity index (χ4v) is 3.02. The number of carbonyl (C=O) groups is 2. The highest BCUT2D eigenvalue weighted by molar-refractivity contribution is 6.08. The van der Waals surface area contributed by atoms with Gasteiger partial charge >= 0.3 is 5.97 Å². The van der Waals surface area contributed by atoms with Gasteiger partial charge in [-0.1, -0.05) is 25.8 Å². The number of rotatable bonds is 9. The number of fused-ring (bicyclic) bond motifs is 1. The van der Waals surface area contributed by atoms with Crippen molar-refractivity contribution in [2.24, 2.45) is 0 Å². The van der Waals surface area contributed by atoms with E-state index in [1.165, 1.54) is 0 Å². The number of para-hydroxylation sites is 1. The number of esters is 1. The summed E-state index contributed by atoms with van der Waals surface area (Å²) in [5.74, 6) is -0.639. The summed E-state index contributed by atoms with van der Waals surface area (Å²) in [6, 6.07) is 12.7. The maximum atomic E-state index is 12.7. The van der Waals surface area contributed by atoms with E-state index in [0.29, 0.717) is 17.9 Å². The Morgan fingerprint density at radius 2 is 1.81 bits per heavy atom. The lowest BCUT2D eigenvalue weighted by Crippen LogP contribution is -2.14. The lowest BCUT2D eigenvalue weighted by molar-refractivity contribution is 0.0490. The number of amides is 1. The third kappa shape index (κ3) is 5.51. The van der Waals surface area contributed by atoms with Crippen molar-refractivity contribution in [1.82, 2.24) is 0 Å². The van der Waals surface area contributed by atoms with Gasteiger partial charge in [0, 0.05) is 11.6 Å². The van der Waals surface area contributed by atoms with E-state index in [2.05, 4.69) is 12.2 Å². The first-order chi connectivity index (χ1) is 15.0. The van der Waals surface area contributed by atoms with Gasteiger partial charge in [0.15, 0.2) is 11.0 Å². The summed E-state index contributed by atoms with van der Waals surface area (Å²) >= 11 is 0. The molecule has 0 saturated carbocycles. The van der Waals surface area contributed by atoms with Crippen LogP contribution in [0.2, 0.25) is 0 Å². The summed E-state index contributed by atoms with van der Waals surface area (Å²) in [7, 11) is 0. The molecule has 7 nitrogen and oxygen atoms in total. The first-order valence-electron chi connectivity index (χ1n) is 10.3. The van der Waals surface area contributed by atoms with Gasteiger partial charge in [-0.2, -0.15) is 0 Å². The Morgan fingerprint density at radius 3 is 2.52 bits per heavy atom. The Labute approximate surface area is 180 Å². The Balaban J connectivity index is 1.80. The molecule has 0 unspecified atom stereocenters. The molecular weight excluding hydrogens is 398 g/mol. The van der Waals surface area contributed by atoms with Crippen molar-refractivity contribution >= 4 is 28.5 Å². The highest BCUT2D eigenvalue weighted by Gasteiger charge is 2.16. The fraction of sp³-hybridized carbons (Fsp3) is 0.292. The van der Waals surface area contributed by atoms with Gasteiger partial charge in [-0.3, -0.25) is 9.59 Å². The van der Waals surface area contributed by atoms with Crippen molar-refractivity contribution < 1.29 is 23.5 Å². The van der Waals surface area contributed by atoms with E-state index in [9.17, 15) is 14.4 Å². The predicted molar refractivity (Wildman–Crippen MR) is 118 cm³/mol. The van der Waals surface area contributed by atoms with Crippen LogP contribution in [0, 0.1) is 0 Å². The second-order valence-electron chi connectivity index (χ2n) is 6.91. The quantitative estimate of drug-likeness (QED) is 0.393. The Morgan fingerprint density at radius 1 is 1.03 bits per heavy atom. The molecular formula is C24H25NO6. The number of hydrogen-bond donors (Lipinski definition) is 1. The number of anilines is 1. The van der Waals surface area contributed by atoms with Gasteiger partial charge in [0.05, 0.1) is 24.3 Å². The number of unbranched alkanes of at least 4 members (excludes halogenated alkanes) is 2. The second kappa shape index (κ2) is 10.4. The molecule has 0 radical (unpaired) electrons. The normalized spacial score (nSPS) is 10.6. The first kappa shape index (κ1) is 22.1. The summed E-state index contributed by atoms with van der Waals surface area (Å²) < 4.78 is 16.2. The molecule has 2 aromatic carbocycles. The maximum Gasteiger partial charge on any atom is 0.374 e. The summed E-state index contributed by atoms with van der Waals surface area (Å²) in [5.41, 5.74) is 0.416. The van der Waals surface area contributed by atoms with E-state index >= 15 is 0 Å². The van der Waals surface area contributed by atoms with Crippen LogP contribution in [-0.2, 0) is 4.74 Å². The lowest BCUT2D eigenvalue weighted by Gasteiger charge is -2.10. The number of hydrogen-bond acceptors (Lipinski definition) is 6. The molecule has 0 aliphatic carbocycles. The Kier molecular flexibility index (Phi) is 7.43. The zero-order valence-electron chi connectivity index (χ0n) is 17.6. The molecule has 0 fully saturated rings. The van der Waals surface area contributed by atoms with E-state index in [0.717, 1.165) is 25.3 Å². The van der Waals surface area contributed by atoms with Gasteiger partial charge in [0.1, 0.15) is 5.75 Å². The molecule has 31 heavy (non-hydrogen) atoms. The molecule has 162 valence electrons. The van der Waals surface area contributed by atoms with E-state index < -0.39 is 11.4 Å². The molecule has 0 spiro atoms. The summed E-state index contributed by atoms with van der Waals surface area (Å²) in [6.45, 7) is 4.57. The van der Waals surface area contributed by atoms with E-state index in [-0.39, 0.29) is 34.9 Å². The van der Waals surface area contributed by atoms with Crippen molar-refractivity contribution in [3.05, 3.63) is 70.1 Å². The van der Waals surface area contributed by atoms with Crippen LogP contribution in [-0.4, -0.2) is 25.1 Å². The first-order valence-corrected chi connectivity index (χ1v) is 10.3. The van der Waals surface area contributed by atoms with Crippen LogP contribution in [0.5, 0.6) is 5.75 Å². The molecule has 0 aliphatic rings.